The molecule has 3 aromatic rings. The second-order valence-electron chi connectivity index (χ2n) is 6.86. The van der Waals surface area contributed by atoms with Gasteiger partial charge >= 0.3 is 0 Å². The Morgan fingerprint density at radius 1 is 0.929 bits per heavy atom. The average Bonchev–Trinajstić information content (AvgIpc) is 2.74. The molecule has 1 atom stereocenters. The van der Waals surface area contributed by atoms with Crippen molar-refractivity contribution in [3.05, 3.63) is 90.0 Å². The van der Waals surface area contributed by atoms with Crippen LogP contribution in [0.15, 0.2) is 78.9 Å². The molecule has 0 aliphatic heterocycles. The molecule has 0 bridgehead atoms. The second kappa shape index (κ2) is 8.72. The summed E-state index contributed by atoms with van der Waals surface area (Å²) in [6, 6.07) is 24.8. The molecule has 0 aromatic heterocycles. The van der Waals surface area contributed by atoms with Gasteiger partial charge in [-0.25, -0.2) is 0 Å². The van der Waals surface area contributed by atoms with Gasteiger partial charge in [-0.2, -0.15) is 0 Å². The van der Waals surface area contributed by atoms with E-state index >= 15 is 0 Å². The van der Waals surface area contributed by atoms with E-state index in [4.69, 9.17) is 4.74 Å². The molecule has 0 saturated heterocycles. The number of ether oxygens (including phenoxy) is 1. The third kappa shape index (κ3) is 4.78. The average molecular weight is 375 g/mol. The standard InChI is InChI=1S/C24H25NO3/c1-3-28-22-15-11-20(12-16-22)23(26)25-17-24(2,27)21-13-9-19(10-14-21)18-7-5-4-6-8-18/h4-16,27H,3,17H2,1-2H3,(H,25,26). The summed E-state index contributed by atoms with van der Waals surface area (Å²) < 4.78 is 5.38. The largest absolute Gasteiger partial charge is 0.494 e. The summed E-state index contributed by atoms with van der Waals surface area (Å²) in [5, 5.41) is 13.6. The lowest BCUT2D eigenvalue weighted by Crippen LogP contribution is -2.38. The van der Waals surface area contributed by atoms with E-state index in [0.717, 1.165) is 22.4 Å². The zero-order chi connectivity index (χ0) is 20.0. The Kier molecular flexibility index (Phi) is 6.12. The van der Waals surface area contributed by atoms with E-state index in [-0.39, 0.29) is 12.5 Å². The highest BCUT2D eigenvalue weighted by Crippen LogP contribution is 2.25. The maximum Gasteiger partial charge on any atom is 0.251 e. The van der Waals surface area contributed by atoms with Crippen molar-refractivity contribution >= 4 is 5.91 Å². The molecule has 28 heavy (non-hydrogen) atoms. The molecule has 0 radical (unpaired) electrons. The first-order valence-corrected chi connectivity index (χ1v) is 9.39. The third-order valence-corrected chi connectivity index (χ3v) is 4.63. The van der Waals surface area contributed by atoms with Gasteiger partial charge in [0.25, 0.3) is 5.91 Å². The number of benzene rings is 3. The summed E-state index contributed by atoms with van der Waals surface area (Å²) in [6.07, 6.45) is 0. The van der Waals surface area contributed by atoms with Crippen molar-refractivity contribution in [2.24, 2.45) is 0 Å². The first-order chi connectivity index (χ1) is 13.5. The predicted molar refractivity (Wildman–Crippen MR) is 111 cm³/mol. The van der Waals surface area contributed by atoms with E-state index < -0.39 is 5.60 Å². The smallest absolute Gasteiger partial charge is 0.251 e. The first-order valence-electron chi connectivity index (χ1n) is 9.39. The molecule has 3 rings (SSSR count). The third-order valence-electron chi connectivity index (χ3n) is 4.63. The molecule has 0 heterocycles. The van der Waals surface area contributed by atoms with Crippen LogP contribution >= 0.6 is 0 Å². The number of nitrogens with one attached hydrogen (secondary N) is 1. The Morgan fingerprint density at radius 3 is 2.14 bits per heavy atom. The van der Waals surface area contributed by atoms with Crippen molar-refractivity contribution in [3.63, 3.8) is 0 Å². The normalized spacial score (nSPS) is 12.8. The number of carbonyl (C=O) groups excluding carboxylic acids is 1. The Labute approximate surface area is 165 Å². The zero-order valence-electron chi connectivity index (χ0n) is 16.2. The molecular formula is C24H25NO3. The van der Waals surface area contributed by atoms with Crippen LogP contribution in [0.2, 0.25) is 0 Å². The molecule has 0 fully saturated rings. The van der Waals surface area contributed by atoms with Crippen LogP contribution in [0, 0.1) is 0 Å². The van der Waals surface area contributed by atoms with Crippen molar-refractivity contribution in [2.75, 3.05) is 13.2 Å². The van der Waals surface area contributed by atoms with Crippen LogP contribution in [-0.4, -0.2) is 24.2 Å². The molecule has 3 aromatic carbocycles. The van der Waals surface area contributed by atoms with Crippen LogP contribution in [0.3, 0.4) is 0 Å². The highest BCUT2D eigenvalue weighted by atomic mass is 16.5. The summed E-state index contributed by atoms with van der Waals surface area (Å²) in [6.45, 7) is 4.30. The van der Waals surface area contributed by atoms with Crippen molar-refractivity contribution < 1.29 is 14.6 Å². The molecule has 4 nitrogen and oxygen atoms in total. The molecular weight excluding hydrogens is 350 g/mol. The topological polar surface area (TPSA) is 58.6 Å². The van der Waals surface area contributed by atoms with Crippen LogP contribution in [0.5, 0.6) is 5.75 Å². The van der Waals surface area contributed by atoms with E-state index in [1.165, 1.54) is 0 Å². The van der Waals surface area contributed by atoms with Crippen LogP contribution in [0.1, 0.15) is 29.8 Å². The maximum absolute atomic E-state index is 12.4. The summed E-state index contributed by atoms with van der Waals surface area (Å²) in [4.78, 5) is 12.4. The lowest BCUT2D eigenvalue weighted by Gasteiger charge is -2.24. The van der Waals surface area contributed by atoms with Crippen molar-refractivity contribution in [1.29, 1.82) is 0 Å². The van der Waals surface area contributed by atoms with Gasteiger partial charge in [0.05, 0.1) is 13.2 Å². The Morgan fingerprint density at radius 2 is 1.54 bits per heavy atom. The molecule has 0 spiro atoms. The Balaban J connectivity index is 1.63. The minimum absolute atomic E-state index is 0.115. The van der Waals surface area contributed by atoms with Gasteiger partial charge in [-0.1, -0.05) is 54.6 Å². The van der Waals surface area contributed by atoms with E-state index in [0.29, 0.717) is 12.2 Å². The zero-order valence-corrected chi connectivity index (χ0v) is 16.2. The SMILES string of the molecule is CCOc1ccc(C(=O)NCC(C)(O)c2ccc(-c3ccccc3)cc2)cc1. The van der Waals surface area contributed by atoms with Crippen LogP contribution < -0.4 is 10.1 Å². The number of hydrogen-bond acceptors (Lipinski definition) is 3. The van der Waals surface area contributed by atoms with Gasteiger partial charge in [0.15, 0.2) is 0 Å². The molecule has 4 heteroatoms. The van der Waals surface area contributed by atoms with Gasteiger partial charge in [-0.3, -0.25) is 4.79 Å². The molecule has 2 N–H and O–H groups in total. The quantitative estimate of drug-likeness (QED) is 0.644. The summed E-state index contributed by atoms with van der Waals surface area (Å²) in [5.41, 5.74) is 2.31. The van der Waals surface area contributed by atoms with Crippen LogP contribution in [0.4, 0.5) is 0 Å². The number of aliphatic hydroxyl groups is 1. The number of amides is 1. The van der Waals surface area contributed by atoms with Crippen molar-refractivity contribution in [2.45, 2.75) is 19.4 Å². The van der Waals surface area contributed by atoms with Gasteiger partial charge in [-0.15, -0.1) is 0 Å². The Hall–Kier alpha value is -3.11. The number of hydrogen-bond donors (Lipinski definition) is 2. The van der Waals surface area contributed by atoms with Gasteiger partial charge in [0.2, 0.25) is 0 Å². The van der Waals surface area contributed by atoms with E-state index in [1.54, 1.807) is 31.2 Å². The van der Waals surface area contributed by atoms with Gasteiger partial charge < -0.3 is 15.2 Å². The fraction of sp³-hybridized carbons (Fsp3) is 0.208. The van der Waals surface area contributed by atoms with Crippen LogP contribution in [-0.2, 0) is 5.60 Å². The molecule has 0 aliphatic rings. The van der Waals surface area contributed by atoms with E-state index in [9.17, 15) is 9.90 Å². The Bertz CT molecular complexity index is 901. The van der Waals surface area contributed by atoms with Crippen LogP contribution in [0.25, 0.3) is 11.1 Å². The fourth-order valence-electron chi connectivity index (χ4n) is 2.98. The molecule has 0 aliphatic carbocycles. The second-order valence-corrected chi connectivity index (χ2v) is 6.86. The fourth-order valence-corrected chi connectivity index (χ4v) is 2.98. The number of rotatable bonds is 7. The van der Waals surface area contributed by atoms with Gasteiger partial charge in [-0.05, 0) is 54.8 Å². The monoisotopic (exact) mass is 375 g/mol. The molecule has 144 valence electrons. The molecule has 1 amide bonds. The van der Waals surface area contributed by atoms with E-state index in [1.807, 2.05) is 61.5 Å². The maximum atomic E-state index is 12.4. The lowest BCUT2D eigenvalue weighted by atomic mass is 9.93. The minimum Gasteiger partial charge on any atom is -0.494 e. The van der Waals surface area contributed by atoms with E-state index in [2.05, 4.69) is 5.32 Å². The molecule has 1 unspecified atom stereocenters. The highest BCUT2D eigenvalue weighted by molar-refractivity contribution is 5.94. The summed E-state index contributed by atoms with van der Waals surface area (Å²) in [5.74, 6) is 0.494. The first kappa shape index (κ1) is 19.6. The lowest BCUT2D eigenvalue weighted by molar-refractivity contribution is 0.0526. The summed E-state index contributed by atoms with van der Waals surface area (Å²) in [7, 11) is 0. The minimum atomic E-state index is -1.17. The summed E-state index contributed by atoms with van der Waals surface area (Å²) >= 11 is 0. The van der Waals surface area contributed by atoms with Gasteiger partial charge in [0, 0.05) is 5.56 Å². The molecule has 0 saturated carbocycles. The number of carbonyl (C=O) groups is 1. The predicted octanol–water partition coefficient (Wildman–Crippen LogP) is 4.39. The van der Waals surface area contributed by atoms with Crippen molar-refractivity contribution in [1.82, 2.24) is 5.32 Å². The highest BCUT2D eigenvalue weighted by Gasteiger charge is 2.24. The van der Waals surface area contributed by atoms with Crippen molar-refractivity contribution in [3.8, 4) is 16.9 Å². The van der Waals surface area contributed by atoms with Gasteiger partial charge in [0.1, 0.15) is 11.4 Å².